The third-order valence-corrected chi connectivity index (χ3v) is 3.65. The second-order valence-electron chi connectivity index (χ2n) is 3.93. The zero-order valence-electron chi connectivity index (χ0n) is 9.69. The Bertz CT molecular complexity index is 134. The van der Waals surface area contributed by atoms with Crippen LogP contribution >= 0.6 is 38.5 Å². The number of unbranched alkanes of at least 4 members (excludes halogenated alkanes) is 8. The molecule has 0 atom stereocenters. The van der Waals surface area contributed by atoms with Crippen LogP contribution in [0.15, 0.2) is 12.2 Å². The molecule has 0 spiro atoms. The monoisotopic (exact) mass is 386 g/mol. The Kier molecular flexibility index (Phi) is 15.9. The van der Waals surface area contributed by atoms with E-state index < -0.39 is 0 Å². The molecule has 0 aromatic heterocycles. The Hall–Kier alpha value is 0.950. The van der Waals surface area contributed by atoms with Crippen molar-refractivity contribution >= 4 is 38.5 Å². The van der Waals surface area contributed by atoms with Crippen LogP contribution in [0.4, 0.5) is 0 Å². The lowest BCUT2D eigenvalue weighted by atomic mass is 10.1. The molecule has 15 heavy (non-hydrogen) atoms. The van der Waals surface area contributed by atoms with Gasteiger partial charge in [-0.25, -0.2) is 0 Å². The van der Waals surface area contributed by atoms with Crippen LogP contribution in [0, 0.1) is 0 Å². The lowest BCUT2D eigenvalue weighted by Gasteiger charge is -2.00. The normalized spacial score (nSPS) is 11.3. The smallest absolute Gasteiger partial charge is 0.0212 e. The summed E-state index contributed by atoms with van der Waals surface area (Å²) in [5.41, 5.74) is 0. The van der Waals surface area contributed by atoms with Gasteiger partial charge >= 0.3 is 0 Å². The lowest BCUT2D eigenvalue weighted by molar-refractivity contribution is 0.579. The van der Waals surface area contributed by atoms with E-state index in [-0.39, 0.29) is 0 Å². The molecule has 0 rings (SSSR count). The van der Waals surface area contributed by atoms with Crippen molar-refractivity contribution in [2.45, 2.75) is 57.8 Å². The largest absolute Gasteiger partial charge is 0.0883 e. The van der Waals surface area contributed by atoms with Crippen LogP contribution in [0.1, 0.15) is 57.8 Å². The van der Waals surface area contributed by atoms with Gasteiger partial charge in [-0.1, -0.05) is 89.2 Å². The summed E-state index contributed by atoms with van der Waals surface area (Å²) in [5.74, 6) is 0. The van der Waals surface area contributed by atoms with Gasteiger partial charge in [0.1, 0.15) is 0 Å². The molecule has 0 saturated carbocycles. The van der Waals surface area contributed by atoms with Gasteiger partial charge in [0.2, 0.25) is 0 Å². The predicted molar refractivity (Wildman–Crippen MR) is 83.4 cm³/mol. The molecule has 0 aliphatic heterocycles. The van der Waals surface area contributed by atoms with Crippen LogP contribution in [0.2, 0.25) is 0 Å². The number of alkyl halides is 2. The number of allylic oxidation sites excluding steroid dienone is 2. The first-order chi connectivity index (χ1) is 7.41. The maximum absolute atomic E-state index is 3.39. The van der Waals surface area contributed by atoms with E-state index in [1.54, 1.807) is 0 Å². The SMILES string of the molecule is BrCC=CCCCCCCCCCCI. The molecule has 0 saturated heterocycles. The first-order valence-corrected chi connectivity index (χ1v) is 8.83. The van der Waals surface area contributed by atoms with Crippen molar-refractivity contribution in [3.05, 3.63) is 12.2 Å². The van der Waals surface area contributed by atoms with E-state index in [1.165, 1.54) is 62.2 Å². The number of hydrogen-bond acceptors (Lipinski definition) is 0. The van der Waals surface area contributed by atoms with Crippen molar-refractivity contribution in [1.29, 1.82) is 0 Å². The molecule has 0 aromatic carbocycles. The molecule has 0 nitrogen and oxygen atoms in total. The highest BCUT2D eigenvalue weighted by molar-refractivity contribution is 14.1. The minimum atomic E-state index is 1.00. The molecule has 0 N–H and O–H groups in total. The Morgan fingerprint density at radius 3 is 1.80 bits per heavy atom. The van der Waals surface area contributed by atoms with Gasteiger partial charge in [-0.3, -0.25) is 0 Å². The van der Waals surface area contributed by atoms with E-state index in [0.717, 1.165) is 5.33 Å². The maximum Gasteiger partial charge on any atom is 0.0212 e. The highest BCUT2D eigenvalue weighted by atomic mass is 127. The molecule has 0 amide bonds. The predicted octanol–water partition coefficient (Wildman–Crippen LogP) is 5.88. The number of hydrogen-bond donors (Lipinski definition) is 0. The average Bonchev–Trinajstić information content (AvgIpc) is 2.26. The first kappa shape index (κ1) is 16.0. The van der Waals surface area contributed by atoms with Gasteiger partial charge in [0.05, 0.1) is 0 Å². The molecule has 0 radical (unpaired) electrons. The van der Waals surface area contributed by atoms with Gasteiger partial charge < -0.3 is 0 Å². The topological polar surface area (TPSA) is 0 Å². The number of halogens is 2. The molecule has 2 heteroatoms. The summed E-state index contributed by atoms with van der Waals surface area (Å²) in [5, 5.41) is 1.00. The van der Waals surface area contributed by atoms with Gasteiger partial charge in [-0.05, 0) is 23.7 Å². The minimum Gasteiger partial charge on any atom is -0.0883 e. The van der Waals surface area contributed by atoms with Crippen molar-refractivity contribution in [2.75, 3.05) is 9.76 Å². The van der Waals surface area contributed by atoms with E-state index >= 15 is 0 Å². The van der Waals surface area contributed by atoms with Gasteiger partial charge in [-0.2, -0.15) is 0 Å². The fourth-order valence-corrected chi connectivity index (χ4v) is 2.40. The summed E-state index contributed by atoms with van der Waals surface area (Å²) in [6.45, 7) is 0. The van der Waals surface area contributed by atoms with Crippen LogP contribution in [0.25, 0.3) is 0 Å². The van der Waals surface area contributed by atoms with Crippen LogP contribution in [-0.2, 0) is 0 Å². The summed E-state index contributed by atoms with van der Waals surface area (Å²) in [7, 11) is 0. The molecule has 0 aliphatic carbocycles. The van der Waals surface area contributed by atoms with E-state index in [0.29, 0.717) is 0 Å². The first-order valence-electron chi connectivity index (χ1n) is 6.18. The van der Waals surface area contributed by atoms with Crippen LogP contribution in [-0.4, -0.2) is 9.76 Å². The molecular formula is C13H24BrI. The fraction of sp³-hybridized carbons (Fsp3) is 0.846. The Morgan fingerprint density at radius 2 is 1.27 bits per heavy atom. The number of rotatable bonds is 11. The van der Waals surface area contributed by atoms with Crippen molar-refractivity contribution < 1.29 is 0 Å². The Morgan fingerprint density at radius 1 is 0.733 bits per heavy atom. The van der Waals surface area contributed by atoms with Crippen molar-refractivity contribution in [3.63, 3.8) is 0 Å². The highest BCUT2D eigenvalue weighted by Crippen LogP contribution is 2.10. The van der Waals surface area contributed by atoms with Crippen LogP contribution in [0.5, 0.6) is 0 Å². The third-order valence-electron chi connectivity index (χ3n) is 2.51. The van der Waals surface area contributed by atoms with E-state index in [4.69, 9.17) is 0 Å². The van der Waals surface area contributed by atoms with Gasteiger partial charge in [0, 0.05) is 5.33 Å². The van der Waals surface area contributed by atoms with E-state index in [1.807, 2.05) is 0 Å². The zero-order valence-corrected chi connectivity index (χ0v) is 13.4. The fourth-order valence-electron chi connectivity index (χ4n) is 1.60. The van der Waals surface area contributed by atoms with Gasteiger partial charge in [0.15, 0.2) is 0 Å². The van der Waals surface area contributed by atoms with Crippen molar-refractivity contribution in [3.8, 4) is 0 Å². The van der Waals surface area contributed by atoms with E-state index in [9.17, 15) is 0 Å². The summed E-state index contributed by atoms with van der Waals surface area (Å²) in [4.78, 5) is 0. The van der Waals surface area contributed by atoms with Crippen molar-refractivity contribution in [2.24, 2.45) is 0 Å². The lowest BCUT2D eigenvalue weighted by Crippen LogP contribution is -1.81. The molecule has 0 heterocycles. The second kappa shape index (κ2) is 14.9. The minimum absolute atomic E-state index is 1.00. The Labute approximate surface area is 118 Å². The highest BCUT2D eigenvalue weighted by Gasteiger charge is 1.91. The molecule has 0 unspecified atom stereocenters. The molecule has 90 valence electrons. The molecular weight excluding hydrogens is 363 g/mol. The average molecular weight is 387 g/mol. The Balaban J connectivity index is 2.89. The van der Waals surface area contributed by atoms with Crippen molar-refractivity contribution in [1.82, 2.24) is 0 Å². The van der Waals surface area contributed by atoms with Crippen LogP contribution in [0.3, 0.4) is 0 Å². The standard InChI is InChI=1S/C13H24BrI/c14-12-10-8-6-4-2-1-3-5-7-9-11-13-15/h8,10H,1-7,9,11-13H2. The quantitative estimate of drug-likeness (QED) is 0.180. The third kappa shape index (κ3) is 14.9. The molecule has 0 fully saturated rings. The maximum atomic E-state index is 3.39. The van der Waals surface area contributed by atoms with Crippen LogP contribution < -0.4 is 0 Å². The summed E-state index contributed by atoms with van der Waals surface area (Å²) in [6, 6.07) is 0. The van der Waals surface area contributed by atoms with E-state index in [2.05, 4.69) is 50.7 Å². The molecule has 0 aliphatic rings. The zero-order chi connectivity index (χ0) is 11.2. The second-order valence-corrected chi connectivity index (χ2v) is 5.66. The van der Waals surface area contributed by atoms with Gasteiger partial charge in [0.25, 0.3) is 0 Å². The van der Waals surface area contributed by atoms with Gasteiger partial charge in [-0.15, -0.1) is 0 Å². The molecule has 0 bridgehead atoms. The summed E-state index contributed by atoms with van der Waals surface area (Å²) >= 11 is 5.85. The molecule has 0 aromatic rings. The summed E-state index contributed by atoms with van der Waals surface area (Å²) in [6.07, 6.45) is 17.2. The summed E-state index contributed by atoms with van der Waals surface area (Å²) < 4.78 is 1.33.